The van der Waals surface area contributed by atoms with Crippen LogP contribution in [0, 0.1) is 13.8 Å². The monoisotopic (exact) mass is 319 g/mol. The van der Waals surface area contributed by atoms with Gasteiger partial charge in [-0.15, -0.1) is 0 Å². The molecule has 0 fully saturated rings. The van der Waals surface area contributed by atoms with E-state index in [2.05, 4.69) is 50.7 Å². The number of rotatable bonds is 6. The van der Waals surface area contributed by atoms with Gasteiger partial charge in [-0.3, -0.25) is 4.98 Å². The Morgan fingerprint density at radius 2 is 1.79 bits per heavy atom. The van der Waals surface area contributed by atoms with E-state index >= 15 is 0 Å². The molecule has 2 heterocycles. The Kier molecular flexibility index (Phi) is 5.01. The summed E-state index contributed by atoms with van der Waals surface area (Å²) in [6.07, 6.45) is 3.60. The van der Waals surface area contributed by atoms with E-state index in [1.807, 2.05) is 37.4 Å². The van der Waals surface area contributed by atoms with E-state index in [4.69, 9.17) is 0 Å². The van der Waals surface area contributed by atoms with Gasteiger partial charge in [-0.25, -0.2) is 4.98 Å². The molecule has 0 spiro atoms. The molecule has 2 N–H and O–H groups in total. The summed E-state index contributed by atoms with van der Waals surface area (Å²) in [6.45, 7) is 5.47. The molecule has 0 aliphatic rings. The third-order valence-corrected chi connectivity index (χ3v) is 3.75. The number of aromatic nitrogens is 3. The number of hydrogen-bond acceptors (Lipinski definition) is 5. The molecular formula is C19H21N5. The Labute approximate surface area is 142 Å². The molecule has 0 amide bonds. The third kappa shape index (κ3) is 4.29. The maximum absolute atomic E-state index is 4.54. The van der Waals surface area contributed by atoms with Gasteiger partial charge in [0.25, 0.3) is 0 Å². The molecule has 0 radical (unpaired) electrons. The first kappa shape index (κ1) is 15.9. The molecule has 0 saturated heterocycles. The maximum atomic E-state index is 4.54. The molecule has 0 unspecified atom stereocenters. The van der Waals surface area contributed by atoms with E-state index in [0.717, 1.165) is 23.6 Å². The van der Waals surface area contributed by atoms with E-state index in [-0.39, 0.29) is 0 Å². The number of nitrogens with zero attached hydrogens (tertiary/aromatic N) is 3. The first-order valence-corrected chi connectivity index (χ1v) is 7.97. The highest BCUT2D eigenvalue weighted by atomic mass is 15.1. The van der Waals surface area contributed by atoms with Crippen LogP contribution in [0.15, 0.2) is 54.9 Å². The van der Waals surface area contributed by atoms with Gasteiger partial charge < -0.3 is 10.6 Å². The fraction of sp³-hybridized carbons (Fsp3) is 0.211. The molecule has 1 aromatic carbocycles. The van der Waals surface area contributed by atoms with E-state index in [1.54, 1.807) is 6.20 Å². The van der Waals surface area contributed by atoms with E-state index in [1.165, 1.54) is 11.1 Å². The van der Waals surface area contributed by atoms with Gasteiger partial charge in [-0.2, -0.15) is 4.98 Å². The minimum Gasteiger partial charge on any atom is -0.366 e. The lowest BCUT2D eigenvalue weighted by atomic mass is 10.1. The summed E-state index contributed by atoms with van der Waals surface area (Å²) in [6, 6.07) is 14.2. The summed E-state index contributed by atoms with van der Waals surface area (Å²) in [5.41, 5.74) is 4.55. The summed E-state index contributed by atoms with van der Waals surface area (Å²) in [4.78, 5) is 13.1. The number of benzene rings is 1. The summed E-state index contributed by atoms with van der Waals surface area (Å²) < 4.78 is 0. The van der Waals surface area contributed by atoms with Gasteiger partial charge in [0.1, 0.15) is 5.82 Å². The number of anilines is 2. The second kappa shape index (κ2) is 7.55. The lowest BCUT2D eigenvalue weighted by molar-refractivity contribution is 1.00. The van der Waals surface area contributed by atoms with Crippen LogP contribution in [0.2, 0.25) is 0 Å². The highest BCUT2D eigenvalue weighted by molar-refractivity contribution is 5.43. The molecule has 2 aromatic heterocycles. The van der Waals surface area contributed by atoms with Crippen LogP contribution in [0.5, 0.6) is 0 Å². The van der Waals surface area contributed by atoms with Gasteiger partial charge in [-0.1, -0.05) is 30.3 Å². The smallest absolute Gasteiger partial charge is 0.225 e. The normalized spacial score (nSPS) is 10.4. The van der Waals surface area contributed by atoms with Crippen LogP contribution in [0.1, 0.15) is 22.4 Å². The quantitative estimate of drug-likeness (QED) is 0.725. The molecular weight excluding hydrogens is 298 g/mol. The summed E-state index contributed by atoms with van der Waals surface area (Å²) >= 11 is 0. The molecule has 0 aliphatic carbocycles. The van der Waals surface area contributed by atoms with Gasteiger partial charge in [0, 0.05) is 37.2 Å². The average molecular weight is 319 g/mol. The van der Waals surface area contributed by atoms with Crippen molar-refractivity contribution in [2.75, 3.05) is 10.6 Å². The van der Waals surface area contributed by atoms with Gasteiger partial charge in [0.05, 0.1) is 0 Å². The molecule has 24 heavy (non-hydrogen) atoms. The van der Waals surface area contributed by atoms with Crippen LogP contribution in [-0.4, -0.2) is 15.0 Å². The number of pyridine rings is 1. The Morgan fingerprint density at radius 1 is 0.917 bits per heavy atom. The summed E-state index contributed by atoms with van der Waals surface area (Å²) in [5.74, 6) is 1.44. The summed E-state index contributed by atoms with van der Waals surface area (Å²) in [7, 11) is 0. The van der Waals surface area contributed by atoms with Crippen molar-refractivity contribution >= 4 is 11.8 Å². The van der Waals surface area contributed by atoms with Crippen LogP contribution in [0.3, 0.4) is 0 Å². The van der Waals surface area contributed by atoms with Crippen LogP contribution in [-0.2, 0) is 13.1 Å². The highest BCUT2D eigenvalue weighted by Crippen LogP contribution is 2.13. The second-order valence-corrected chi connectivity index (χ2v) is 5.71. The van der Waals surface area contributed by atoms with E-state index < -0.39 is 0 Å². The maximum Gasteiger partial charge on any atom is 0.225 e. The van der Waals surface area contributed by atoms with Crippen molar-refractivity contribution in [3.63, 3.8) is 0 Å². The van der Waals surface area contributed by atoms with Crippen molar-refractivity contribution in [1.82, 2.24) is 15.0 Å². The minimum absolute atomic E-state index is 0.617. The zero-order chi connectivity index (χ0) is 16.8. The van der Waals surface area contributed by atoms with E-state index in [0.29, 0.717) is 12.5 Å². The third-order valence-electron chi connectivity index (χ3n) is 3.75. The largest absolute Gasteiger partial charge is 0.366 e. The van der Waals surface area contributed by atoms with Gasteiger partial charge in [0.15, 0.2) is 0 Å². The van der Waals surface area contributed by atoms with Crippen molar-refractivity contribution in [2.24, 2.45) is 0 Å². The van der Waals surface area contributed by atoms with Crippen molar-refractivity contribution < 1.29 is 0 Å². The SMILES string of the molecule is Cc1cc(NCc2ccccc2C)nc(NCc2cccnc2)n1. The highest BCUT2D eigenvalue weighted by Gasteiger charge is 2.03. The fourth-order valence-electron chi connectivity index (χ4n) is 2.42. The van der Waals surface area contributed by atoms with Crippen LogP contribution in [0.25, 0.3) is 0 Å². The Morgan fingerprint density at radius 3 is 2.58 bits per heavy atom. The molecule has 0 saturated carbocycles. The molecule has 3 rings (SSSR count). The Bertz CT molecular complexity index is 802. The van der Waals surface area contributed by atoms with Crippen LogP contribution in [0.4, 0.5) is 11.8 Å². The number of nitrogens with one attached hydrogen (secondary N) is 2. The fourth-order valence-corrected chi connectivity index (χ4v) is 2.42. The Hall–Kier alpha value is -2.95. The minimum atomic E-state index is 0.617. The number of aryl methyl sites for hydroxylation is 2. The molecule has 0 atom stereocenters. The standard InChI is InChI=1S/C19H21N5/c1-14-6-3-4-8-17(14)13-21-18-10-15(2)23-19(24-18)22-12-16-7-5-9-20-11-16/h3-11H,12-13H2,1-2H3,(H2,21,22,23,24). The lowest BCUT2D eigenvalue weighted by Crippen LogP contribution is -2.08. The molecule has 5 nitrogen and oxygen atoms in total. The predicted molar refractivity (Wildman–Crippen MR) is 96.8 cm³/mol. The van der Waals surface area contributed by atoms with Gasteiger partial charge >= 0.3 is 0 Å². The van der Waals surface area contributed by atoms with Crippen molar-refractivity contribution in [2.45, 2.75) is 26.9 Å². The van der Waals surface area contributed by atoms with Crippen LogP contribution < -0.4 is 10.6 Å². The zero-order valence-electron chi connectivity index (χ0n) is 14.0. The zero-order valence-corrected chi connectivity index (χ0v) is 14.0. The molecule has 0 aliphatic heterocycles. The van der Waals surface area contributed by atoms with Gasteiger partial charge in [0.2, 0.25) is 5.95 Å². The predicted octanol–water partition coefficient (Wildman–Crippen LogP) is 3.71. The van der Waals surface area contributed by atoms with E-state index in [9.17, 15) is 0 Å². The first-order valence-electron chi connectivity index (χ1n) is 7.97. The molecule has 122 valence electrons. The molecule has 0 bridgehead atoms. The number of hydrogen-bond donors (Lipinski definition) is 2. The average Bonchev–Trinajstić information content (AvgIpc) is 2.60. The summed E-state index contributed by atoms with van der Waals surface area (Å²) in [5, 5.41) is 6.63. The van der Waals surface area contributed by atoms with Gasteiger partial charge in [-0.05, 0) is 36.6 Å². The topological polar surface area (TPSA) is 62.7 Å². The van der Waals surface area contributed by atoms with Crippen molar-refractivity contribution in [3.05, 3.63) is 77.2 Å². The lowest BCUT2D eigenvalue weighted by Gasteiger charge is -2.11. The van der Waals surface area contributed by atoms with Crippen LogP contribution >= 0.6 is 0 Å². The van der Waals surface area contributed by atoms with Crippen molar-refractivity contribution in [1.29, 1.82) is 0 Å². The van der Waals surface area contributed by atoms with Crippen molar-refractivity contribution in [3.8, 4) is 0 Å². The Balaban J connectivity index is 1.66. The first-order chi connectivity index (χ1) is 11.7. The molecule has 3 aromatic rings. The molecule has 5 heteroatoms. The second-order valence-electron chi connectivity index (χ2n) is 5.71.